The highest BCUT2D eigenvalue weighted by atomic mass is 35.5. The number of anilines is 1. The molecule has 29 heavy (non-hydrogen) atoms. The number of carbonyl (C=O) groups is 1. The first-order valence-corrected chi connectivity index (χ1v) is 9.76. The molecule has 1 saturated heterocycles. The second kappa shape index (κ2) is 9.57. The summed E-state index contributed by atoms with van der Waals surface area (Å²) in [6.45, 7) is 9.92. The van der Waals surface area contributed by atoms with Crippen molar-refractivity contribution in [3.8, 4) is 0 Å². The molecule has 8 heteroatoms. The number of rotatable bonds is 8. The third-order valence-corrected chi connectivity index (χ3v) is 5.48. The van der Waals surface area contributed by atoms with Gasteiger partial charge < -0.3 is 15.5 Å². The molecule has 1 heterocycles. The quantitative estimate of drug-likeness (QED) is 0.262. The molecular formula is C21H25Cl2FN4O. The summed E-state index contributed by atoms with van der Waals surface area (Å²) in [7, 11) is 3.69. The van der Waals surface area contributed by atoms with Crippen LogP contribution in [0, 0.1) is 6.92 Å². The fourth-order valence-corrected chi connectivity index (χ4v) is 3.72. The predicted molar refractivity (Wildman–Crippen MR) is 120 cm³/mol. The van der Waals surface area contributed by atoms with Crippen LogP contribution in [-0.4, -0.2) is 50.2 Å². The van der Waals surface area contributed by atoms with Crippen LogP contribution in [-0.2, 0) is 0 Å². The van der Waals surface area contributed by atoms with Crippen LogP contribution in [0.15, 0.2) is 51.7 Å². The van der Waals surface area contributed by atoms with Gasteiger partial charge in [0.05, 0.1) is 27.6 Å². The molecule has 0 spiro atoms. The van der Waals surface area contributed by atoms with Crippen LogP contribution in [0.25, 0.3) is 0 Å². The summed E-state index contributed by atoms with van der Waals surface area (Å²) in [6.07, 6.45) is 2.93. The smallest absolute Gasteiger partial charge is 0.152 e. The number of aldehydes is 1. The van der Waals surface area contributed by atoms with Crippen LogP contribution in [0.2, 0.25) is 0 Å². The van der Waals surface area contributed by atoms with Gasteiger partial charge in [-0.1, -0.05) is 36.4 Å². The molecule has 0 amide bonds. The Hall–Kier alpha value is -2.15. The lowest BCUT2D eigenvalue weighted by Gasteiger charge is -2.34. The molecule has 2 rings (SSSR count). The van der Waals surface area contributed by atoms with Gasteiger partial charge in [0.15, 0.2) is 6.29 Å². The number of nitrogens with one attached hydrogen (secondary N) is 2. The van der Waals surface area contributed by atoms with Crippen molar-refractivity contribution in [1.82, 2.24) is 10.2 Å². The van der Waals surface area contributed by atoms with E-state index in [2.05, 4.69) is 28.8 Å². The molecule has 1 aromatic rings. The molecule has 0 aliphatic carbocycles. The Morgan fingerprint density at radius 3 is 2.55 bits per heavy atom. The number of aliphatic imine (C=N–C) groups is 1. The van der Waals surface area contributed by atoms with E-state index < -0.39 is 11.4 Å². The second-order valence-corrected chi connectivity index (χ2v) is 7.96. The molecule has 0 radical (unpaired) electrons. The second-order valence-electron chi connectivity index (χ2n) is 7.13. The van der Waals surface area contributed by atoms with Gasteiger partial charge in [-0.3, -0.25) is 4.79 Å². The number of nitrogens with zero attached hydrogens (tertiary/aromatic N) is 2. The van der Waals surface area contributed by atoms with Gasteiger partial charge in [-0.2, -0.15) is 0 Å². The van der Waals surface area contributed by atoms with E-state index in [1.807, 2.05) is 27.1 Å². The highest BCUT2D eigenvalue weighted by Crippen LogP contribution is 2.40. The van der Waals surface area contributed by atoms with Crippen LogP contribution in [0.4, 0.5) is 15.8 Å². The highest BCUT2D eigenvalue weighted by Gasteiger charge is 2.41. The Balaban J connectivity index is 2.57. The summed E-state index contributed by atoms with van der Waals surface area (Å²) < 4.78 is 14.5. The third-order valence-electron chi connectivity index (χ3n) is 4.77. The van der Waals surface area contributed by atoms with E-state index in [1.165, 1.54) is 0 Å². The van der Waals surface area contributed by atoms with Crippen molar-refractivity contribution >= 4 is 47.2 Å². The van der Waals surface area contributed by atoms with E-state index in [-0.39, 0.29) is 15.6 Å². The fraction of sp³-hybridized carbons (Fsp3) is 0.333. The van der Waals surface area contributed by atoms with E-state index in [1.54, 1.807) is 17.3 Å². The van der Waals surface area contributed by atoms with Crippen molar-refractivity contribution in [3.63, 3.8) is 0 Å². The summed E-state index contributed by atoms with van der Waals surface area (Å²) in [5, 5.41) is 6.66. The number of allylic oxidation sites excluding steroid dienone is 2. The molecule has 1 fully saturated rings. The summed E-state index contributed by atoms with van der Waals surface area (Å²) in [4.78, 5) is 17.9. The number of carbonyl (C=O) groups excluding carboxylic acids is 1. The van der Waals surface area contributed by atoms with Crippen LogP contribution < -0.4 is 10.6 Å². The van der Waals surface area contributed by atoms with Crippen molar-refractivity contribution in [2.45, 2.75) is 18.9 Å². The predicted octanol–water partition coefficient (Wildman–Crippen LogP) is 4.90. The molecule has 156 valence electrons. The summed E-state index contributed by atoms with van der Waals surface area (Å²) in [5.41, 5.74) is 1.64. The number of hydrogen-bond donors (Lipinski definition) is 2. The van der Waals surface area contributed by atoms with E-state index >= 15 is 0 Å². The largest absolute Gasteiger partial charge is 0.374 e. The van der Waals surface area contributed by atoms with Crippen molar-refractivity contribution in [2.75, 3.05) is 32.5 Å². The molecule has 1 aromatic carbocycles. The third kappa shape index (κ3) is 5.07. The van der Waals surface area contributed by atoms with Gasteiger partial charge in [0.1, 0.15) is 5.83 Å². The minimum Gasteiger partial charge on any atom is -0.374 e. The Kier molecular flexibility index (Phi) is 7.63. The van der Waals surface area contributed by atoms with Crippen LogP contribution >= 0.6 is 23.2 Å². The number of benzene rings is 1. The molecule has 1 aliphatic rings. The van der Waals surface area contributed by atoms with E-state index in [4.69, 9.17) is 23.2 Å². The minimum atomic E-state index is -0.889. The van der Waals surface area contributed by atoms with Gasteiger partial charge in [0.25, 0.3) is 0 Å². The maximum Gasteiger partial charge on any atom is 0.152 e. The first-order chi connectivity index (χ1) is 13.6. The molecule has 0 aromatic heterocycles. The van der Waals surface area contributed by atoms with Gasteiger partial charge >= 0.3 is 0 Å². The topological polar surface area (TPSA) is 56.7 Å². The number of hydrogen-bond acceptors (Lipinski definition) is 4. The van der Waals surface area contributed by atoms with E-state index in [0.717, 1.165) is 6.29 Å². The van der Waals surface area contributed by atoms with Gasteiger partial charge in [-0.05, 0) is 37.6 Å². The average Bonchev–Trinajstić information content (AvgIpc) is 3.10. The molecule has 1 atom stereocenters. The highest BCUT2D eigenvalue weighted by molar-refractivity contribution is 6.44. The zero-order chi connectivity index (χ0) is 21.8. The molecule has 0 bridgehead atoms. The normalized spacial score (nSPS) is 19.8. The van der Waals surface area contributed by atoms with Gasteiger partial charge in [0, 0.05) is 37.5 Å². The first-order valence-electron chi connectivity index (χ1n) is 9.01. The maximum absolute atomic E-state index is 14.5. The van der Waals surface area contributed by atoms with Crippen molar-refractivity contribution < 1.29 is 9.18 Å². The minimum absolute atomic E-state index is 0.0239. The molecule has 0 saturated carbocycles. The summed E-state index contributed by atoms with van der Waals surface area (Å²) >= 11 is 12.3. The molecule has 1 aliphatic heterocycles. The average molecular weight is 439 g/mol. The van der Waals surface area contributed by atoms with Gasteiger partial charge in [-0.15, -0.1) is 0 Å². The monoisotopic (exact) mass is 438 g/mol. The number of halogens is 3. The maximum atomic E-state index is 14.5. The fourth-order valence-electron chi connectivity index (χ4n) is 3.35. The Morgan fingerprint density at radius 2 is 2.07 bits per heavy atom. The van der Waals surface area contributed by atoms with E-state index in [9.17, 15) is 9.18 Å². The van der Waals surface area contributed by atoms with Crippen LogP contribution in [0.5, 0.6) is 0 Å². The van der Waals surface area contributed by atoms with Crippen molar-refractivity contribution in [2.24, 2.45) is 4.99 Å². The Bertz CT molecular complexity index is 887. The zero-order valence-corrected chi connectivity index (χ0v) is 18.3. The lowest BCUT2D eigenvalue weighted by Crippen LogP contribution is -2.43. The lowest BCUT2D eigenvalue weighted by molar-refractivity contribution is 0.112. The first kappa shape index (κ1) is 23.1. The zero-order valence-electron chi connectivity index (χ0n) is 16.8. The standard InChI is InChI=1S/C21H25Cl2FN4O/c1-13-16(10-29)18(26-12-28(4)5)7-6-17(13)27-21(8-9-25-11-21)19(15(3)24)20(23)14(2)22/h6-7,10,12,25,27H,2-3,8-9,11H2,1,4-5H3/b20-19-,26-12?. The molecule has 2 N–H and O–H groups in total. The van der Waals surface area contributed by atoms with E-state index in [0.29, 0.717) is 42.0 Å². The van der Waals surface area contributed by atoms with Crippen molar-refractivity contribution in [3.05, 3.63) is 57.9 Å². The SMILES string of the molecule is C=C(Cl)/C(Cl)=C(\C(=C)F)C1(Nc2ccc(N=CN(C)C)c(C=O)c2C)CCNC1. The Labute approximate surface area is 181 Å². The summed E-state index contributed by atoms with van der Waals surface area (Å²) in [5.74, 6) is -0.687. The molecular weight excluding hydrogens is 414 g/mol. The Morgan fingerprint density at radius 1 is 1.38 bits per heavy atom. The lowest BCUT2D eigenvalue weighted by atomic mass is 9.86. The molecule has 5 nitrogen and oxygen atoms in total. The van der Waals surface area contributed by atoms with Crippen LogP contribution in [0.1, 0.15) is 22.3 Å². The van der Waals surface area contributed by atoms with Gasteiger partial charge in [-0.25, -0.2) is 9.38 Å². The molecule has 1 unspecified atom stereocenters. The van der Waals surface area contributed by atoms with Crippen molar-refractivity contribution in [1.29, 1.82) is 0 Å². The van der Waals surface area contributed by atoms with Gasteiger partial charge in [0.2, 0.25) is 0 Å². The van der Waals surface area contributed by atoms with Crippen LogP contribution in [0.3, 0.4) is 0 Å². The summed E-state index contributed by atoms with van der Waals surface area (Å²) in [6, 6.07) is 3.55.